The monoisotopic (exact) mass is 242 g/mol. The van der Waals surface area contributed by atoms with E-state index in [1.165, 1.54) is 0 Å². The minimum atomic E-state index is -0.651. The summed E-state index contributed by atoms with van der Waals surface area (Å²) in [6, 6.07) is 0. The van der Waals surface area contributed by atoms with Crippen molar-refractivity contribution in [3.63, 3.8) is 0 Å². The Hall–Kier alpha value is -0.450. The first-order chi connectivity index (χ1) is 7.49. The molecule has 0 saturated carbocycles. The van der Waals surface area contributed by atoms with E-state index in [1.807, 2.05) is 12.3 Å². The molecule has 0 aliphatic rings. The Balaban J connectivity index is 2.23. The highest BCUT2D eigenvalue weighted by molar-refractivity contribution is 7.09. The van der Waals surface area contributed by atoms with Crippen molar-refractivity contribution < 1.29 is 5.11 Å². The number of nitrogens with one attached hydrogen (secondary N) is 1. The maximum atomic E-state index is 10.2. The van der Waals surface area contributed by atoms with Crippen molar-refractivity contribution in [1.82, 2.24) is 10.3 Å². The molecule has 0 radical (unpaired) electrons. The molecule has 0 saturated heterocycles. The van der Waals surface area contributed by atoms with Crippen LogP contribution in [0, 0.1) is 5.92 Å². The van der Waals surface area contributed by atoms with Gasteiger partial charge in [0.2, 0.25) is 0 Å². The van der Waals surface area contributed by atoms with Crippen LogP contribution >= 0.6 is 11.3 Å². The Kier molecular flexibility index (Phi) is 5.38. The molecule has 3 nitrogen and oxygen atoms in total. The van der Waals surface area contributed by atoms with E-state index in [0.29, 0.717) is 12.3 Å². The van der Waals surface area contributed by atoms with Crippen LogP contribution in [0.1, 0.15) is 32.2 Å². The zero-order chi connectivity index (χ0) is 12.0. The van der Waals surface area contributed by atoms with Crippen LogP contribution in [0.5, 0.6) is 0 Å². The number of hydrogen-bond donors (Lipinski definition) is 2. The second-order valence-corrected chi connectivity index (χ2v) is 5.93. The van der Waals surface area contributed by atoms with E-state index in [0.717, 1.165) is 24.5 Å². The third kappa shape index (κ3) is 5.58. The average Bonchev–Trinajstić information content (AvgIpc) is 2.64. The van der Waals surface area contributed by atoms with Gasteiger partial charge in [0.25, 0.3) is 0 Å². The number of thiazole rings is 1. The smallest absolute Gasteiger partial charge is 0.0953 e. The van der Waals surface area contributed by atoms with Crippen molar-refractivity contribution in [3.05, 3.63) is 16.6 Å². The molecular formula is C12H22N2OS. The summed E-state index contributed by atoms with van der Waals surface area (Å²) in [6.45, 7) is 8.11. The minimum absolute atomic E-state index is 0.647. The molecule has 4 heteroatoms. The first-order valence-electron chi connectivity index (χ1n) is 5.81. The topological polar surface area (TPSA) is 45.1 Å². The number of rotatable bonds is 7. The highest BCUT2D eigenvalue weighted by Crippen LogP contribution is 2.17. The quantitative estimate of drug-likeness (QED) is 0.720. The van der Waals surface area contributed by atoms with Gasteiger partial charge in [-0.05, 0) is 32.4 Å². The van der Waals surface area contributed by atoms with E-state index < -0.39 is 5.60 Å². The van der Waals surface area contributed by atoms with Crippen LogP contribution in [0.25, 0.3) is 0 Å². The SMILES string of the molecule is CC(C)CNCCC(C)(O)Cc1nccs1. The van der Waals surface area contributed by atoms with Gasteiger partial charge < -0.3 is 10.4 Å². The van der Waals surface area contributed by atoms with E-state index in [4.69, 9.17) is 0 Å². The second kappa shape index (κ2) is 6.33. The Morgan fingerprint density at radius 1 is 1.56 bits per heavy atom. The maximum absolute atomic E-state index is 10.2. The average molecular weight is 242 g/mol. The molecular weight excluding hydrogens is 220 g/mol. The van der Waals surface area contributed by atoms with Crippen molar-refractivity contribution in [2.24, 2.45) is 5.92 Å². The van der Waals surface area contributed by atoms with E-state index in [-0.39, 0.29) is 0 Å². The predicted molar refractivity (Wildman–Crippen MR) is 68.8 cm³/mol. The molecule has 0 amide bonds. The Morgan fingerprint density at radius 2 is 2.31 bits per heavy atom. The molecule has 1 rings (SSSR count). The Bertz CT molecular complexity index is 283. The molecule has 1 heterocycles. The van der Waals surface area contributed by atoms with Gasteiger partial charge in [0.05, 0.1) is 10.6 Å². The van der Waals surface area contributed by atoms with Crippen LogP contribution in [0.4, 0.5) is 0 Å². The highest BCUT2D eigenvalue weighted by atomic mass is 32.1. The molecule has 1 unspecified atom stereocenters. The summed E-state index contributed by atoms with van der Waals surface area (Å²) in [4.78, 5) is 4.20. The lowest BCUT2D eigenvalue weighted by Crippen LogP contribution is -2.33. The maximum Gasteiger partial charge on any atom is 0.0953 e. The number of aliphatic hydroxyl groups is 1. The lowest BCUT2D eigenvalue weighted by Gasteiger charge is -2.22. The van der Waals surface area contributed by atoms with Gasteiger partial charge in [-0.15, -0.1) is 11.3 Å². The van der Waals surface area contributed by atoms with Crippen molar-refractivity contribution in [2.75, 3.05) is 13.1 Å². The van der Waals surface area contributed by atoms with Crippen molar-refractivity contribution in [3.8, 4) is 0 Å². The van der Waals surface area contributed by atoms with Crippen molar-refractivity contribution >= 4 is 11.3 Å². The number of hydrogen-bond acceptors (Lipinski definition) is 4. The number of nitrogens with zero attached hydrogens (tertiary/aromatic N) is 1. The molecule has 0 bridgehead atoms. The molecule has 0 aliphatic heterocycles. The van der Waals surface area contributed by atoms with Crippen LogP contribution in [-0.2, 0) is 6.42 Å². The summed E-state index contributed by atoms with van der Waals surface area (Å²) >= 11 is 1.60. The Morgan fingerprint density at radius 3 is 2.88 bits per heavy atom. The molecule has 1 atom stereocenters. The van der Waals surface area contributed by atoms with Crippen LogP contribution in [0.2, 0.25) is 0 Å². The summed E-state index contributed by atoms with van der Waals surface area (Å²) < 4.78 is 0. The minimum Gasteiger partial charge on any atom is -0.390 e. The molecule has 16 heavy (non-hydrogen) atoms. The van der Waals surface area contributed by atoms with E-state index in [9.17, 15) is 5.11 Å². The van der Waals surface area contributed by atoms with Gasteiger partial charge in [0, 0.05) is 18.0 Å². The van der Waals surface area contributed by atoms with Crippen molar-refractivity contribution in [2.45, 2.75) is 39.2 Å². The van der Waals surface area contributed by atoms with Crippen LogP contribution < -0.4 is 5.32 Å². The van der Waals surface area contributed by atoms with E-state index in [1.54, 1.807) is 17.5 Å². The fraction of sp³-hybridized carbons (Fsp3) is 0.750. The van der Waals surface area contributed by atoms with Gasteiger partial charge in [-0.3, -0.25) is 0 Å². The molecule has 0 aromatic carbocycles. The largest absolute Gasteiger partial charge is 0.390 e. The molecule has 2 N–H and O–H groups in total. The third-order valence-electron chi connectivity index (χ3n) is 2.41. The van der Waals surface area contributed by atoms with Crippen LogP contribution in [-0.4, -0.2) is 28.8 Å². The summed E-state index contributed by atoms with van der Waals surface area (Å²) in [7, 11) is 0. The van der Waals surface area contributed by atoms with Crippen LogP contribution in [0.15, 0.2) is 11.6 Å². The lowest BCUT2D eigenvalue weighted by molar-refractivity contribution is 0.0513. The summed E-state index contributed by atoms with van der Waals surface area (Å²) in [6.07, 6.45) is 3.19. The summed E-state index contributed by atoms with van der Waals surface area (Å²) in [5, 5.41) is 16.5. The fourth-order valence-electron chi connectivity index (χ4n) is 1.50. The van der Waals surface area contributed by atoms with Gasteiger partial charge in [-0.1, -0.05) is 13.8 Å². The lowest BCUT2D eigenvalue weighted by atomic mass is 9.98. The fourth-order valence-corrected chi connectivity index (χ4v) is 2.30. The van der Waals surface area contributed by atoms with Crippen LogP contribution in [0.3, 0.4) is 0 Å². The van der Waals surface area contributed by atoms with Gasteiger partial charge in [0.1, 0.15) is 0 Å². The second-order valence-electron chi connectivity index (χ2n) is 4.95. The van der Waals surface area contributed by atoms with Gasteiger partial charge in [0.15, 0.2) is 0 Å². The van der Waals surface area contributed by atoms with Gasteiger partial charge in [-0.2, -0.15) is 0 Å². The highest BCUT2D eigenvalue weighted by Gasteiger charge is 2.21. The molecule has 0 spiro atoms. The normalized spacial score (nSPS) is 15.3. The molecule has 1 aromatic heterocycles. The van der Waals surface area contributed by atoms with E-state index in [2.05, 4.69) is 24.1 Å². The predicted octanol–water partition coefficient (Wildman–Crippen LogP) is 2.07. The first kappa shape index (κ1) is 13.6. The third-order valence-corrected chi connectivity index (χ3v) is 3.19. The van der Waals surface area contributed by atoms with E-state index >= 15 is 0 Å². The molecule has 92 valence electrons. The molecule has 0 fully saturated rings. The number of aromatic nitrogens is 1. The summed E-state index contributed by atoms with van der Waals surface area (Å²) in [5.74, 6) is 0.656. The summed E-state index contributed by atoms with van der Waals surface area (Å²) in [5.41, 5.74) is -0.651. The van der Waals surface area contributed by atoms with Gasteiger partial charge in [-0.25, -0.2) is 4.98 Å². The van der Waals surface area contributed by atoms with Crippen molar-refractivity contribution in [1.29, 1.82) is 0 Å². The zero-order valence-corrected chi connectivity index (χ0v) is 11.2. The zero-order valence-electron chi connectivity index (χ0n) is 10.4. The van der Waals surface area contributed by atoms with Gasteiger partial charge >= 0.3 is 0 Å². The molecule has 1 aromatic rings. The molecule has 0 aliphatic carbocycles. The first-order valence-corrected chi connectivity index (χ1v) is 6.69. The Labute approximate surface area is 102 Å². The standard InChI is InChI=1S/C12H22N2OS/c1-10(2)9-13-5-4-12(3,15)8-11-14-6-7-16-11/h6-7,10,13,15H,4-5,8-9H2,1-3H3.